The molecule has 1 aliphatic carbocycles. The van der Waals surface area contributed by atoms with E-state index in [9.17, 15) is 19.6 Å². The number of hydrogen-bond donors (Lipinski definition) is 2. The number of nitrogens with zero attached hydrogens (tertiary/aromatic N) is 2. The zero-order valence-electron chi connectivity index (χ0n) is 19.6. The Balaban J connectivity index is 1.33. The molecular weight excluding hydrogens is 454 g/mol. The Morgan fingerprint density at radius 1 is 1.11 bits per heavy atom. The molecule has 3 fully saturated rings. The van der Waals surface area contributed by atoms with E-state index in [1.165, 1.54) is 5.06 Å². The van der Waals surface area contributed by atoms with Crippen molar-refractivity contribution in [3.63, 3.8) is 0 Å². The highest BCUT2D eigenvalue weighted by molar-refractivity contribution is 5.92. The maximum absolute atomic E-state index is 13.8. The molecule has 0 aromatic heterocycles. The molecule has 4 aliphatic rings. The normalized spacial score (nSPS) is 26.2. The monoisotopic (exact) mass is 485 g/mol. The summed E-state index contributed by atoms with van der Waals surface area (Å²) in [5.74, 6) is -1.84. The third kappa shape index (κ3) is 5.19. The average molecular weight is 486 g/mol. The molecule has 3 heterocycles. The minimum absolute atomic E-state index is 0.217. The van der Waals surface area contributed by atoms with Gasteiger partial charge in [0.2, 0.25) is 11.8 Å². The van der Waals surface area contributed by atoms with Crippen LogP contribution < -0.4 is 5.48 Å². The van der Waals surface area contributed by atoms with Crippen molar-refractivity contribution < 1.29 is 33.9 Å². The molecule has 2 amide bonds. The summed E-state index contributed by atoms with van der Waals surface area (Å²) < 4.78 is 10.8. The van der Waals surface area contributed by atoms with Crippen LogP contribution in [-0.2, 0) is 23.9 Å². The zero-order chi connectivity index (χ0) is 24.4. The highest BCUT2D eigenvalue weighted by Gasteiger charge is 2.57. The lowest BCUT2D eigenvalue weighted by molar-refractivity contribution is -0.207. The van der Waals surface area contributed by atoms with Crippen molar-refractivity contribution in [2.75, 3.05) is 32.8 Å². The van der Waals surface area contributed by atoms with Gasteiger partial charge in [-0.25, -0.2) is 10.3 Å². The molecule has 188 valence electrons. The predicted molar refractivity (Wildman–Crippen MR) is 123 cm³/mol. The molecule has 2 N–H and O–H groups in total. The summed E-state index contributed by atoms with van der Waals surface area (Å²) in [6.45, 7) is 2.14. The maximum atomic E-state index is 13.8. The van der Waals surface area contributed by atoms with Gasteiger partial charge in [-0.05, 0) is 35.8 Å². The second kappa shape index (κ2) is 9.96. The zero-order valence-corrected chi connectivity index (χ0v) is 19.6. The molecule has 1 aromatic carbocycles. The molecule has 3 aliphatic heterocycles. The van der Waals surface area contributed by atoms with Gasteiger partial charge in [0.1, 0.15) is 12.1 Å². The number of hydroxylamine groups is 3. The average Bonchev–Trinajstić information content (AvgIpc) is 3.42. The predicted octanol–water partition coefficient (Wildman–Crippen LogP) is 2.14. The SMILES string of the molecule is O=C(OC1CCOCC1)ON1CC2(CC2)CC(C(=O)NO)C1C(=O)N1CC=C(c2ccccc2)C1. The van der Waals surface area contributed by atoms with E-state index >= 15 is 0 Å². The van der Waals surface area contributed by atoms with Gasteiger partial charge in [-0.1, -0.05) is 36.4 Å². The summed E-state index contributed by atoms with van der Waals surface area (Å²) in [5.41, 5.74) is 3.54. The molecule has 2 saturated heterocycles. The van der Waals surface area contributed by atoms with Gasteiger partial charge in [0.25, 0.3) is 0 Å². The van der Waals surface area contributed by atoms with Crippen molar-refractivity contribution >= 4 is 23.5 Å². The van der Waals surface area contributed by atoms with Crippen LogP contribution in [0.25, 0.3) is 5.57 Å². The van der Waals surface area contributed by atoms with Gasteiger partial charge in [0.05, 0.1) is 19.1 Å². The van der Waals surface area contributed by atoms with Crippen molar-refractivity contribution in [3.8, 4) is 0 Å². The smallest absolute Gasteiger partial charge is 0.430 e. The topological polar surface area (TPSA) is 118 Å². The van der Waals surface area contributed by atoms with E-state index in [1.807, 2.05) is 36.4 Å². The lowest BCUT2D eigenvalue weighted by Gasteiger charge is -2.42. The summed E-state index contributed by atoms with van der Waals surface area (Å²) in [7, 11) is 0. The number of hydrogen-bond acceptors (Lipinski definition) is 8. The highest BCUT2D eigenvalue weighted by Crippen LogP contribution is 2.55. The van der Waals surface area contributed by atoms with E-state index in [-0.39, 0.29) is 17.4 Å². The molecule has 10 heteroatoms. The summed E-state index contributed by atoms with van der Waals surface area (Å²) >= 11 is 0. The lowest BCUT2D eigenvalue weighted by Crippen LogP contribution is -2.60. The first kappa shape index (κ1) is 23.8. The Morgan fingerprint density at radius 3 is 2.54 bits per heavy atom. The van der Waals surface area contributed by atoms with Gasteiger partial charge < -0.3 is 19.2 Å². The Labute approximate surface area is 203 Å². The summed E-state index contributed by atoms with van der Waals surface area (Å²) in [6, 6.07) is 8.74. The Morgan fingerprint density at radius 2 is 1.86 bits per heavy atom. The third-order valence-electron chi connectivity index (χ3n) is 7.49. The molecular formula is C25H31N3O7. The van der Waals surface area contributed by atoms with Gasteiger partial charge >= 0.3 is 6.16 Å². The molecule has 0 bridgehead atoms. The van der Waals surface area contributed by atoms with Gasteiger partial charge in [-0.3, -0.25) is 14.8 Å². The second-order valence-corrected chi connectivity index (χ2v) is 9.89. The highest BCUT2D eigenvalue weighted by atomic mass is 16.8. The van der Waals surface area contributed by atoms with Crippen LogP contribution in [-0.4, -0.2) is 78.1 Å². The van der Waals surface area contributed by atoms with Crippen LogP contribution in [0.15, 0.2) is 36.4 Å². The maximum Gasteiger partial charge on any atom is 0.528 e. The van der Waals surface area contributed by atoms with E-state index < -0.39 is 24.0 Å². The van der Waals surface area contributed by atoms with Crippen LogP contribution in [0.4, 0.5) is 4.79 Å². The Hall–Kier alpha value is -2.95. The van der Waals surface area contributed by atoms with Crippen LogP contribution >= 0.6 is 0 Å². The van der Waals surface area contributed by atoms with Crippen molar-refractivity contribution in [2.24, 2.45) is 11.3 Å². The van der Waals surface area contributed by atoms with Crippen LogP contribution in [0, 0.1) is 11.3 Å². The lowest BCUT2D eigenvalue weighted by atomic mass is 9.81. The van der Waals surface area contributed by atoms with Gasteiger partial charge in [0.15, 0.2) is 0 Å². The van der Waals surface area contributed by atoms with Crippen LogP contribution in [0.3, 0.4) is 0 Å². The van der Waals surface area contributed by atoms with Crippen molar-refractivity contribution in [2.45, 2.75) is 44.2 Å². The van der Waals surface area contributed by atoms with Crippen LogP contribution in [0.2, 0.25) is 0 Å². The molecule has 1 spiro atoms. The number of nitrogens with one attached hydrogen (secondary N) is 1. The quantitative estimate of drug-likeness (QED) is 0.370. The number of piperidine rings is 1. The second-order valence-electron chi connectivity index (χ2n) is 9.89. The third-order valence-corrected chi connectivity index (χ3v) is 7.49. The largest absolute Gasteiger partial charge is 0.528 e. The first-order valence-electron chi connectivity index (χ1n) is 12.2. The molecule has 2 atom stereocenters. The molecule has 10 nitrogen and oxygen atoms in total. The summed E-state index contributed by atoms with van der Waals surface area (Å²) in [4.78, 5) is 46.4. The van der Waals surface area contributed by atoms with E-state index in [4.69, 9.17) is 14.3 Å². The Kier molecular flexibility index (Phi) is 6.77. The number of benzene rings is 1. The van der Waals surface area contributed by atoms with Gasteiger partial charge in [-0.15, -0.1) is 5.06 Å². The minimum atomic E-state index is -1.06. The minimum Gasteiger partial charge on any atom is -0.430 e. The molecule has 35 heavy (non-hydrogen) atoms. The number of rotatable bonds is 5. The van der Waals surface area contributed by atoms with E-state index in [1.54, 1.807) is 10.4 Å². The van der Waals surface area contributed by atoms with Crippen molar-refractivity contribution in [3.05, 3.63) is 42.0 Å². The fourth-order valence-electron chi connectivity index (χ4n) is 5.33. The first-order chi connectivity index (χ1) is 17.0. The number of ether oxygens (including phenoxy) is 2. The van der Waals surface area contributed by atoms with Gasteiger partial charge in [0, 0.05) is 32.5 Å². The first-order valence-corrected chi connectivity index (χ1v) is 12.2. The summed E-state index contributed by atoms with van der Waals surface area (Å²) in [6.07, 6.45) is 4.12. The Bertz CT molecular complexity index is 988. The van der Waals surface area contributed by atoms with E-state index in [0.717, 1.165) is 24.0 Å². The number of carbonyl (C=O) groups is 3. The fraction of sp³-hybridized carbons (Fsp3) is 0.560. The fourth-order valence-corrected chi connectivity index (χ4v) is 5.33. The van der Waals surface area contributed by atoms with E-state index in [2.05, 4.69) is 0 Å². The standard InChI is InChI=1S/C25H31N3O7/c29-22(26-32)20-14-25(9-10-25)16-28(35-24(31)34-19-7-12-33-13-8-19)21(20)23(30)27-11-6-18(15-27)17-4-2-1-3-5-17/h1-6,19-21,32H,7-16H2,(H,26,29). The van der Waals surface area contributed by atoms with E-state index in [0.29, 0.717) is 52.1 Å². The van der Waals surface area contributed by atoms with Crippen molar-refractivity contribution in [1.29, 1.82) is 0 Å². The number of carbonyl (C=O) groups excluding carboxylic acids is 3. The number of amides is 2. The molecule has 5 rings (SSSR count). The molecule has 2 unspecified atom stereocenters. The molecule has 1 saturated carbocycles. The van der Waals surface area contributed by atoms with Gasteiger partial charge in [-0.2, -0.15) is 0 Å². The molecule has 0 radical (unpaired) electrons. The van der Waals surface area contributed by atoms with Crippen LogP contribution in [0.1, 0.15) is 37.7 Å². The summed E-state index contributed by atoms with van der Waals surface area (Å²) in [5, 5.41) is 10.7. The molecule has 1 aromatic rings. The van der Waals surface area contributed by atoms with Crippen LogP contribution in [0.5, 0.6) is 0 Å². The van der Waals surface area contributed by atoms with Crippen molar-refractivity contribution in [1.82, 2.24) is 15.4 Å².